The van der Waals surface area contributed by atoms with Crippen molar-refractivity contribution in [2.24, 2.45) is 5.92 Å². The Kier molecular flexibility index (Phi) is 8.87. The number of methoxy groups -OCH3 is 1. The first-order valence-electron chi connectivity index (χ1n) is 8.04. The van der Waals surface area contributed by atoms with Gasteiger partial charge in [0.25, 0.3) is 5.91 Å². The summed E-state index contributed by atoms with van der Waals surface area (Å²) in [5.74, 6) is 1.81. The van der Waals surface area contributed by atoms with Crippen molar-refractivity contribution in [1.29, 1.82) is 0 Å². The second-order valence-corrected chi connectivity index (χ2v) is 6.66. The van der Waals surface area contributed by atoms with E-state index in [2.05, 4.69) is 21.2 Å². The zero-order valence-electron chi connectivity index (χ0n) is 14.4. The minimum Gasteiger partial charge on any atom is -0.493 e. The summed E-state index contributed by atoms with van der Waals surface area (Å²) in [5, 5.41) is 3.18. The number of carbonyl (C=O) groups excluding carboxylic acids is 1. The molecule has 5 nitrogen and oxygen atoms in total. The normalized spacial score (nSPS) is 16.7. The first kappa shape index (κ1) is 21.1. The van der Waals surface area contributed by atoms with Crippen LogP contribution in [0.3, 0.4) is 0 Å². The highest BCUT2D eigenvalue weighted by Crippen LogP contribution is 2.37. The first-order valence-corrected chi connectivity index (χ1v) is 8.84. The third-order valence-electron chi connectivity index (χ3n) is 3.99. The number of rotatable bonds is 7. The van der Waals surface area contributed by atoms with E-state index in [1.807, 2.05) is 24.9 Å². The molecule has 1 saturated heterocycles. The number of amides is 1. The molecule has 1 aromatic carbocycles. The van der Waals surface area contributed by atoms with Crippen molar-refractivity contribution in [3.8, 4) is 11.5 Å². The van der Waals surface area contributed by atoms with Crippen molar-refractivity contribution >= 4 is 34.2 Å². The molecule has 0 radical (unpaired) electrons. The SMILES string of the molecule is CCCOc1c(Br)cc(C(=O)N2CCC(CNC)C2)cc1OC.Cl. The molecular formula is C17H26BrClN2O3. The van der Waals surface area contributed by atoms with Gasteiger partial charge in [-0.15, -0.1) is 12.4 Å². The van der Waals surface area contributed by atoms with Crippen LogP contribution in [0.2, 0.25) is 0 Å². The van der Waals surface area contributed by atoms with Crippen molar-refractivity contribution in [2.45, 2.75) is 19.8 Å². The van der Waals surface area contributed by atoms with Crippen molar-refractivity contribution in [1.82, 2.24) is 10.2 Å². The minimum atomic E-state index is 0. The van der Waals surface area contributed by atoms with Gasteiger partial charge in [-0.3, -0.25) is 4.79 Å². The quantitative estimate of drug-likeness (QED) is 0.733. The van der Waals surface area contributed by atoms with Gasteiger partial charge >= 0.3 is 0 Å². The van der Waals surface area contributed by atoms with E-state index in [-0.39, 0.29) is 18.3 Å². The molecule has 136 valence electrons. The van der Waals surface area contributed by atoms with Crippen LogP contribution in [-0.4, -0.2) is 51.2 Å². The van der Waals surface area contributed by atoms with Gasteiger partial charge in [0.15, 0.2) is 11.5 Å². The van der Waals surface area contributed by atoms with Gasteiger partial charge in [-0.25, -0.2) is 0 Å². The number of nitrogens with zero attached hydrogens (tertiary/aromatic N) is 1. The molecule has 1 aliphatic rings. The Hall–Kier alpha value is -0.980. The van der Waals surface area contributed by atoms with Gasteiger partial charge in [0.1, 0.15) is 0 Å². The number of benzene rings is 1. The third kappa shape index (κ3) is 5.01. The first-order chi connectivity index (χ1) is 11.1. The molecule has 0 saturated carbocycles. The Bertz CT molecular complexity index is 557. The number of halogens is 2. The summed E-state index contributed by atoms with van der Waals surface area (Å²) in [7, 11) is 3.54. The summed E-state index contributed by atoms with van der Waals surface area (Å²) in [6.07, 6.45) is 1.96. The van der Waals surface area contributed by atoms with Crippen LogP contribution in [0.15, 0.2) is 16.6 Å². The maximum atomic E-state index is 12.7. The van der Waals surface area contributed by atoms with E-state index in [1.165, 1.54) is 0 Å². The second kappa shape index (κ2) is 10.1. The molecule has 2 rings (SSSR count). The van der Waals surface area contributed by atoms with Crippen LogP contribution in [-0.2, 0) is 0 Å². The highest BCUT2D eigenvalue weighted by molar-refractivity contribution is 9.10. The minimum absolute atomic E-state index is 0. The van der Waals surface area contributed by atoms with E-state index >= 15 is 0 Å². The molecular weight excluding hydrogens is 396 g/mol. The number of carbonyl (C=O) groups is 1. The molecule has 1 fully saturated rings. The molecule has 0 spiro atoms. The van der Waals surface area contributed by atoms with E-state index in [9.17, 15) is 4.79 Å². The topological polar surface area (TPSA) is 50.8 Å². The molecule has 1 unspecified atom stereocenters. The van der Waals surface area contributed by atoms with E-state index in [1.54, 1.807) is 13.2 Å². The number of hydrogen-bond acceptors (Lipinski definition) is 4. The molecule has 1 aliphatic heterocycles. The summed E-state index contributed by atoms with van der Waals surface area (Å²) < 4.78 is 11.9. The van der Waals surface area contributed by atoms with Crippen LogP contribution in [0.1, 0.15) is 30.1 Å². The lowest BCUT2D eigenvalue weighted by Crippen LogP contribution is -2.30. The van der Waals surface area contributed by atoms with E-state index < -0.39 is 0 Å². The fourth-order valence-corrected chi connectivity index (χ4v) is 3.40. The molecule has 0 aliphatic carbocycles. The average Bonchev–Trinajstić information content (AvgIpc) is 3.01. The molecule has 1 N–H and O–H groups in total. The Morgan fingerprint density at radius 1 is 1.46 bits per heavy atom. The summed E-state index contributed by atoms with van der Waals surface area (Å²) in [4.78, 5) is 14.6. The van der Waals surface area contributed by atoms with Crippen LogP contribution < -0.4 is 14.8 Å². The van der Waals surface area contributed by atoms with E-state index in [4.69, 9.17) is 9.47 Å². The maximum absolute atomic E-state index is 12.7. The lowest BCUT2D eigenvalue weighted by Gasteiger charge is -2.19. The highest BCUT2D eigenvalue weighted by Gasteiger charge is 2.27. The zero-order chi connectivity index (χ0) is 16.8. The van der Waals surface area contributed by atoms with Crippen LogP contribution in [0.25, 0.3) is 0 Å². The van der Waals surface area contributed by atoms with Gasteiger partial charge in [-0.2, -0.15) is 0 Å². The average molecular weight is 422 g/mol. The molecule has 0 bridgehead atoms. The Morgan fingerprint density at radius 2 is 2.21 bits per heavy atom. The largest absolute Gasteiger partial charge is 0.493 e. The van der Waals surface area contributed by atoms with Gasteiger partial charge in [0.2, 0.25) is 0 Å². The van der Waals surface area contributed by atoms with Crippen molar-refractivity contribution in [2.75, 3.05) is 40.4 Å². The molecule has 24 heavy (non-hydrogen) atoms. The number of ether oxygens (including phenoxy) is 2. The summed E-state index contributed by atoms with van der Waals surface area (Å²) in [6, 6.07) is 3.59. The predicted octanol–water partition coefficient (Wildman–Crippen LogP) is 3.35. The Labute approximate surface area is 158 Å². The fourth-order valence-electron chi connectivity index (χ4n) is 2.84. The number of nitrogens with one attached hydrogen (secondary N) is 1. The fraction of sp³-hybridized carbons (Fsp3) is 0.588. The number of likely N-dealkylation sites (tertiary alicyclic amines) is 1. The maximum Gasteiger partial charge on any atom is 0.254 e. The van der Waals surface area contributed by atoms with Gasteiger partial charge < -0.3 is 19.7 Å². The van der Waals surface area contributed by atoms with Crippen LogP contribution in [0.5, 0.6) is 11.5 Å². The van der Waals surface area contributed by atoms with Gasteiger partial charge in [0.05, 0.1) is 18.2 Å². The van der Waals surface area contributed by atoms with E-state index in [0.717, 1.165) is 36.9 Å². The zero-order valence-corrected chi connectivity index (χ0v) is 16.8. The second-order valence-electron chi connectivity index (χ2n) is 5.80. The summed E-state index contributed by atoms with van der Waals surface area (Å²) >= 11 is 3.50. The van der Waals surface area contributed by atoms with Crippen molar-refractivity contribution in [3.05, 3.63) is 22.2 Å². The molecule has 7 heteroatoms. The van der Waals surface area contributed by atoms with Crippen LogP contribution >= 0.6 is 28.3 Å². The standard InChI is InChI=1S/C17H25BrN2O3.ClH/c1-4-7-23-16-14(18)8-13(9-15(16)22-3)17(21)20-6-5-12(11-20)10-19-2;/h8-9,12,19H,4-7,10-11H2,1-3H3;1H. The van der Waals surface area contributed by atoms with Crippen LogP contribution in [0, 0.1) is 5.92 Å². The molecule has 1 heterocycles. The van der Waals surface area contributed by atoms with Crippen LogP contribution in [0.4, 0.5) is 0 Å². The number of hydrogen-bond donors (Lipinski definition) is 1. The Balaban J connectivity index is 0.00000288. The smallest absolute Gasteiger partial charge is 0.254 e. The highest BCUT2D eigenvalue weighted by atomic mass is 79.9. The third-order valence-corrected chi connectivity index (χ3v) is 4.58. The van der Waals surface area contributed by atoms with Crippen molar-refractivity contribution in [3.63, 3.8) is 0 Å². The summed E-state index contributed by atoms with van der Waals surface area (Å²) in [5.41, 5.74) is 0.627. The van der Waals surface area contributed by atoms with Gasteiger partial charge in [-0.1, -0.05) is 6.92 Å². The van der Waals surface area contributed by atoms with Gasteiger partial charge in [-0.05, 0) is 60.4 Å². The monoisotopic (exact) mass is 420 g/mol. The molecule has 0 aromatic heterocycles. The summed E-state index contributed by atoms with van der Waals surface area (Å²) in [6.45, 7) is 5.21. The lowest BCUT2D eigenvalue weighted by molar-refractivity contribution is 0.0786. The van der Waals surface area contributed by atoms with E-state index in [0.29, 0.717) is 29.6 Å². The lowest BCUT2D eigenvalue weighted by atomic mass is 10.1. The predicted molar refractivity (Wildman–Crippen MR) is 102 cm³/mol. The molecule has 1 aromatic rings. The Morgan fingerprint density at radius 3 is 2.83 bits per heavy atom. The van der Waals surface area contributed by atoms with Gasteiger partial charge in [0, 0.05) is 18.7 Å². The van der Waals surface area contributed by atoms with Crippen molar-refractivity contribution < 1.29 is 14.3 Å². The molecule has 1 atom stereocenters. The molecule has 1 amide bonds.